The number of ether oxygens (including phenoxy) is 2. The monoisotopic (exact) mass is 555 g/mol. The van der Waals surface area contributed by atoms with Crippen molar-refractivity contribution in [3.8, 4) is 0 Å². The first-order valence-corrected chi connectivity index (χ1v) is 12.2. The third-order valence-corrected chi connectivity index (χ3v) is 8.32. The number of esters is 2. The van der Waals surface area contributed by atoms with Crippen LogP contribution in [-0.4, -0.2) is 81.0 Å². The minimum atomic E-state index is -1.19. The largest absolute Gasteiger partial charge is 1.00 e. The van der Waals surface area contributed by atoms with Crippen molar-refractivity contribution in [2.45, 2.75) is 25.7 Å². The summed E-state index contributed by atoms with van der Waals surface area (Å²) < 4.78 is 9.90. The molecule has 4 aliphatic carbocycles. The molecule has 39 heavy (non-hydrogen) atoms. The predicted molar refractivity (Wildman–Crippen MR) is 116 cm³/mol. The Bertz CT molecular complexity index is 1140. The molecule has 8 atom stereocenters. The van der Waals surface area contributed by atoms with Crippen LogP contribution in [0.25, 0.3) is 0 Å². The number of imide groups is 2. The zero-order valence-electron chi connectivity index (χ0n) is 20.9. The van der Waals surface area contributed by atoms with Crippen molar-refractivity contribution >= 4 is 47.5 Å². The summed E-state index contributed by atoms with van der Waals surface area (Å²) in [7, 11) is 0. The first kappa shape index (κ1) is 28.9. The number of carbonyl (C=O) groups is 8. The van der Waals surface area contributed by atoms with E-state index in [-0.39, 0.29) is 41.4 Å². The Morgan fingerprint density at radius 2 is 0.949 bits per heavy atom. The topological polar surface area (TPSA) is 202 Å². The Morgan fingerprint density at radius 1 is 0.615 bits per heavy atom. The number of hydrogen-bond acceptors (Lipinski definition) is 10. The minimum absolute atomic E-state index is 0. The molecule has 2 bridgehead atoms. The molecule has 2 heterocycles. The summed E-state index contributed by atoms with van der Waals surface area (Å²) in [5, 5.41) is 17.3. The molecule has 6 aliphatic rings. The number of allylic oxidation sites excluding steroid dienone is 2. The third-order valence-electron chi connectivity index (χ3n) is 8.32. The second-order valence-electron chi connectivity index (χ2n) is 10.1. The van der Waals surface area contributed by atoms with Crippen molar-refractivity contribution in [3.05, 3.63) is 12.2 Å². The average molecular weight is 555 g/mol. The van der Waals surface area contributed by atoms with Crippen molar-refractivity contribution in [1.82, 2.24) is 9.80 Å². The molecule has 14 nitrogen and oxygen atoms in total. The number of carbonyl (C=O) groups excluding carboxylic acids is 6. The van der Waals surface area contributed by atoms with Gasteiger partial charge in [0, 0.05) is 0 Å². The zero-order valence-corrected chi connectivity index (χ0v) is 22.9. The summed E-state index contributed by atoms with van der Waals surface area (Å²) in [4.78, 5) is 99.1. The van der Waals surface area contributed by atoms with Crippen LogP contribution in [0.3, 0.4) is 0 Å². The van der Waals surface area contributed by atoms with Crippen LogP contribution in [0.2, 0.25) is 0 Å². The van der Waals surface area contributed by atoms with Gasteiger partial charge in [-0.2, -0.15) is 0 Å². The smallest absolute Gasteiger partial charge is 0.481 e. The van der Waals surface area contributed by atoms with Gasteiger partial charge in [-0.15, -0.1) is 0 Å². The molecular formula is C24H24N2NaO12+. The fraction of sp³-hybridized carbons (Fsp3) is 0.583. The van der Waals surface area contributed by atoms with Crippen molar-refractivity contribution in [3.63, 3.8) is 0 Å². The first-order valence-electron chi connectivity index (χ1n) is 12.2. The maximum absolute atomic E-state index is 13.2. The number of carboxylic acids is 2. The van der Waals surface area contributed by atoms with E-state index < -0.39 is 122 Å². The summed E-state index contributed by atoms with van der Waals surface area (Å²) >= 11 is 0. The molecule has 0 aromatic rings. The van der Waals surface area contributed by atoms with Gasteiger partial charge in [0.25, 0.3) is 0 Å². The summed E-state index contributed by atoms with van der Waals surface area (Å²) in [5.74, 6) is -11.0. The van der Waals surface area contributed by atoms with E-state index in [1.54, 1.807) is 12.2 Å². The van der Waals surface area contributed by atoms with Gasteiger partial charge in [-0.1, -0.05) is 12.2 Å². The van der Waals surface area contributed by atoms with Crippen LogP contribution in [0.15, 0.2) is 12.2 Å². The van der Waals surface area contributed by atoms with E-state index in [1.165, 1.54) is 0 Å². The summed E-state index contributed by atoms with van der Waals surface area (Å²) in [6, 6.07) is 0. The van der Waals surface area contributed by atoms with Crippen LogP contribution >= 0.6 is 0 Å². The summed E-state index contributed by atoms with van der Waals surface area (Å²) in [6.07, 6.45) is 1.87. The van der Waals surface area contributed by atoms with Crippen LogP contribution in [-0.2, 0) is 47.8 Å². The van der Waals surface area contributed by atoms with Crippen LogP contribution in [0.1, 0.15) is 25.7 Å². The number of likely N-dealkylation sites (tertiary alicyclic amines) is 2. The van der Waals surface area contributed by atoms with Crippen LogP contribution < -0.4 is 29.6 Å². The van der Waals surface area contributed by atoms with Gasteiger partial charge in [0.05, 0.1) is 49.4 Å². The molecule has 0 aromatic heterocycles. The molecule has 4 fully saturated rings. The van der Waals surface area contributed by atoms with Gasteiger partial charge >= 0.3 is 53.4 Å². The molecule has 0 aromatic carbocycles. The number of rotatable bonds is 10. The predicted octanol–water partition coefficient (Wildman–Crippen LogP) is -4.01. The fourth-order valence-corrected chi connectivity index (χ4v) is 6.81. The van der Waals surface area contributed by atoms with Crippen LogP contribution in [0, 0.1) is 47.3 Å². The zero-order chi connectivity index (χ0) is 27.5. The van der Waals surface area contributed by atoms with Crippen LogP contribution in [0.4, 0.5) is 0 Å². The normalized spacial score (nSPS) is 33.1. The molecule has 8 unspecified atom stereocenters. The number of nitrogens with zero attached hydrogens (tertiary/aromatic N) is 2. The van der Waals surface area contributed by atoms with Crippen molar-refractivity contribution in [2.75, 3.05) is 13.5 Å². The van der Waals surface area contributed by atoms with Gasteiger partial charge in [-0.05, 0) is 23.7 Å². The van der Waals surface area contributed by atoms with Crippen molar-refractivity contribution in [2.24, 2.45) is 47.3 Å². The van der Waals surface area contributed by atoms with Gasteiger partial charge in [-0.3, -0.25) is 38.4 Å². The van der Waals surface area contributed by atoms with E-state index in [0.717, 1.165) is 9.80 Å². The van der Waals surface area contributed by atoms with E-state index in [4.69, 9.17) is 19.7 Å². The van der Waals surface area contributed by atoms with E-state index in [9.17, 15) is 38.4 Å². The number of carboxylic acid groups (broad SMARTS) is 2. The van der Waals surface area contributed by atoms with Gasteiger partial charge in [0.15, 0.2) is 13.5 Å². The molecule has 0 radical (unpaired) electrons. The van der Waals surface area contributed by atoms with E-state index in [2.05, 4.69) is 0 Å². The quantitative estimate of drug-likeness (QED) is 0.115. The third kappa shape index (κ3) is 4.67. The second-order valence-corrected chi connectivity index (χ2v) is 10.1. The maximum Gasteiger partial charge on any atom is 1.00 e. The number of aliphatic carboxylic acids is 2. The van der Waals surface area contributed by atoms with Crippen LogP contribution in [0.5, 0.6) is 0 Å². The molecule has 2 aliphatic heterocycles. The Balaban J connectivity index is 0.00000353. The van der Waals surface area contributed by atoms with E-state index >= 15 is 0 Å². The SMILES string of the molecule is O=C(O)CCC(=O)OCN1C(=O)C2C3C=CC(C2C1=O)C1C2C(=O)N(COC(=O)CCC(=O)O)C(=O)C2C31.[Na+]. The Kier molecular flexibility index (Phi) is 8.01. The summed E-state index contributed by atoms with van der Waals surface area (Å²) in [5.41, 5.74) is 0. The molecule has 15 heteroatoms. The second kappa shape index (κ2) is 10.8. The fourth-order valence-electron chi connectivity index (χ4n) is 6.81. The Hall–Kier alpha value is -3.10. The molecule has 202 valence electrons. The first-order chi connectivity index (χ1) is 18.0. The van der Waals surface area contributed by atoms with Gasteiger partial charge in [0.2, 0.25) is 23.6 Å². The van der Waals surface area contributed by atoms with Crippen molar-refractivity contribution < 1.29 is 87.6 Å². The summed E-state index contributed by atoms with van der Waals surface area (Å²) in [6.45, 7) is -1.26. The van der Waals surface area contributed by atoms with Crippen molar-refractivity contribution in [1.29, 1.82) is 0 Å². The molecule has 0 spiro atoms. The average Bonchev–Trinajstić information content (AvgIpc) is 3.22. The standard InChI is InChI=1S/C24H24N2O12.Na/c27-11(28)3-5-13(31)37-7-25-21(33)17-9-1-2-10(18(17)22(25)34)16-15(9)19-20(16)24(36)26(23(19)35)8-38-14(32)6-4-12(29)30;/h1-2,9-10,15-20H,3-8H2,(H,27,28)(H,29,30);/q;+1. The minimum Gasteiger partial charge on any atom is -0.481 e. The molecule has 6 rings (SSSR count). The number of hydrogen-bond donors (Lipinski definition) is 2. The van der Waals surface area contributed by atoms with E-state index in [0.29, 0.717) is 0 Å². The van der Waals surface area contributed by atoms with Gasteiger partial charge < -0.3 is 19.7 Å². The maximum atomic E-state index is 13.2. The van der Waals surface area contributed by atoms with Gasteiger partial charge in [0.1, 0.15) is 0 Å². The molecular weight excluding hydrogens is 531 g/mol. The molecule has 4 amide bonds. The Morgan fingerprint density at radius 3 is 1.28 bits per heavy atom. The van der Waals surface area contributed by atoms with Gasteiger partial charge in [-0.25, -0.2) is 9.80 Å². The molecule has 2 saturated heterocycles. The molecule has 2 N–H and O–H groups in total. The Labute approximate surface area is 242 Å². The number of fused-ring (bicyclic) bond motifs is 1. The van der Waals surface area contributed by atoms with E-state index in [1.807, 2.05) is 0 Å². The number of amides is 4. The molecule has 2 saturated carbocycles.